The molecule has 1 amide bonds. The first kappa shape index (κ1) is 13.7. The first-order valence-electron chi connectivity index (χ1n) is 7.62. The van der Waals surface area contributed by atoms with Gasteiger partial charge in [0, 0.05) is 18.5 Å². The monoisotopic (exact) mass is 305 g/mol. The number of rotatable bonds is 2. The molecule has 5 nitrogen and oxygen atoms in total. The normalized spacial score (nSPS) is 13.8. The summed E-state index contributed by atoms with van der Waals surface area (Å²) >= 11 is 0. The van der Waals surface area contributed by atoms with E-state index in [1.165, 1.54) is 4.68 Å². The predicted molar refractivity (Wildman–Crippen MR) is 87.9 cm³/mol. The van der Waals surface area contributed by atoms with Crippen molar-refractivity contribution in [3.8, 4) is 5.69 Å². The van der Waals surface area contributed by atoms with Gasteiger partial charge < -0.3 is 4.90 Å². The van der Waals surface area contributed by atoms with Crippen LogP contribution in [0.3, 0.4) is 0 Å². The fourth-order valence-corrected chi connectivity index (χ4v) is 2.76. The van der Waals surface area contributed by atoms with E-state index in [0.29, 0.717) is 22.2 Å². The molecule has 23 heavy (non-hydrogen) atoms. The standard InChI is InChI=1S/C18H15N3O2/c22-17-15-10-5-4-9-14(15)16(18(23)20-11-6-12-20)19-21(17)13-7-2-1-3-8-13/h1-5,7-10H,6,11-12H2. The Hall–Kier alpha value is -2.95. The van der Waals surface area contributed by atoms with Gasteiger partial charge in [-0.3, -0.25) is 9.59 Å². The van der Waals surface area contributed by atoms with Crippen molar-refractivity contribution in [2.24, 2.45) is 0 Å². The number of para-hydroxylation sites is 1. The van der Waals surface area contributed by atoms with Crippen molar-refractivity contribution in [3.63, 3.8) is 0 Å². The lowest BCUT2D eigenvalue weighted by atomic mass is 10.1. The highest BCUT2D eigenvalue weighted by atomic mass is 16.2. The first-order valence-corrected chi connectivity index (χ1v) is 7.62. The molecule has 0 saturated carbocycles. The quantitative estimate of drug-likeness (QED) is 0.729. The van der Waals surface area contributed by atoms with Gasteiger partial charge in [0.15, 0.2) is 5.69 Å². The minimum atomic E-state index is -0.216. The van der Waals surface area contributed by atoms with Crippen LogP contribution in [0.5, 0.6) is 0 Å². The van der Waals surface area contributed by atoms with Crippen LogP contribution < -0.4 is 5.56 Å². The lowest BCUT2D eigenvalue weighted by Gasteiger charge is -2.30. The SMILES string of the molecule is O=C(c1nn(-c2ccccc2)c(=O)c2ccccc12)N1CCC1. The summed E-state index contributed by atoms with van der Waals surface area (Å²) in [6.07, 6.45) is 1.02. The fraction of sp³-hybridized carbons (Fsp3) is 0.167. The van der Waals surface area contributed by atoms with Crippen LogP contribution >= 0.6 is 0 Å². The predicted octanol–water partition coefficient (Wildman–Crippen LogP) is 2.23. The summed E-state index contributed by atoms with van der Waals surface area (Å²) in [5.41, 5.74) is 0.775. The number of carbonyl (C=O) groups excluding carboxylic acids is 1. The zero-order valence-electron chi connectivity index (χ0n) is 12.5. The second kappa shape index (κ2) is 5.35. The molecule has 0 spiro atoms. The van der Waals surface area contributed by atoms with Crippen LogP contribution in [0.1, 0.15) is 16.9 Å². The van der Waals surface area contributed by atoms with Crippen molar-refractivity contribution in [2.45, 2.75) is 6.42 Å². The Morgan fingerprint density at radius 1 is 0.913 bits per heavy atom. The Morgan fingerprint density at radius 2 is 1.57 bits per heavy atom. The van der Waals surface area contributed by atoms with Crippen molar-refractivity contribution in [1.82, 2.24) is 14.7 Å². The van der Waals surface area contributed by atoms with Crippen LogP contribution in [0.25, 0.3) is 16.5 Å². The van der Waals surface area contributed by atoms with Gasteiger partial charge in [-0.1, -0.05) is 36.4 Å². The molecule has 0 N–H and O–H groups in total. The van der Waals surface area contributed by atoms with Gasteiger partial charge in [0.05, 0.1) is 11.1 Å². The molecule has 0 bridgehead atoms. The van der Waals surface area contributed by atoms with Crippen LogP contribution in [0.2, 0.25) is 0 Å². The van der Waals surface area contributed by atoms with E-state index in [9.17, 15) is 9.59 Å². The highest BCUT2D eigenvalue weighted by Gasteiger charge is 2.26. The van der Waals surface area contributed by atoms with Crippen molar-refractivity contribution in [3.05, 3.63) is 70.6 Å². The van der Waals surface area contributed by atoms with E-state index in [4.69, 9.17) is 0 Å². The molecule has 114 valence electrons. The third kappa shape index (κ3) is 2.21. The number of fused-ring (bicyclic) bond motifs is 1. The Bertz CT molecular complexity index is 943. The van der Waals surface area contributed by atoms with E-state index in [1.54, 1.807) is 35.2 Å². The van der Waals surface area contributed by atoms with Crippen molar-refractivity contribution in [1.29, 1.82) is 0 Å². The highest BCUT2D eigenvalue weighted by molar-refractivity contribution is 6.05. The molecule has 4 rings (SSSR count). The van der Waals surface area contributed by atoms with Gasteiger partial charge in [-0.05, 0) is 24.6 Å². The second-order valence-corrected chi connectivity index (χ2v) is 5.59. The number of nitrogens with zero attached hydrogens (tertiary/aromatic N) is 3. The van der Waals surface area contributed by atoms with Crippen LogP contribution in [-0.4, -0.2) is 33.7 Å². The Kier molecular flexibility index (Phi) is 3.19. The summed E-state index contributed by atoms with van der Waals surface area (Å²) in [7, 11) is 0. The molecule has 2 aromatic carbocycles. The number of amides is 1. The molecule has 1 aromatic heterocycles. The molecule has 1 saturated heterocycles. The zero-order valence-corrected chi connectivity index (χ0v) is 12.5. The summed E-state index contributed by atoms with van der Waals surface area (Å²) in [4.78, 5) is 27.2. The molecule has 0 radical (unpaired) electrons. The molecule has 0 unspecified atom stereocenters. The molecule has 0 aliphatic carbocycles. The van der Waals surface area contributed by atoms with E-state index >= 15 is 0 Å². The summed E-state index contributed by atoms with van der Waals surface area (Å²) in [6.45, 7) is 1.50. The number of benzene rings is 2. The van der Waals surface area contributed by atoms with E-state index in [0.717, 1.165) is 19.5 Å². The number of hydrogen-bond acceptors (Lipinski definition) is 3. The minimum Gasteiger partial charge on any atom is -0.337 e. The Morgan fingerprint density at radius 3 is 2.22 bits per heavy atom. The summed E-state index contributed by atoms with van der Waals surface area (Å²) in [5, 5.41) is 5.51. The smallest absolute Gasteiger partial charge is 0.279 e. The lowest BCUT2D eigenvalue weighted by molar-refractivity contribution is 0.0646. The van der Waals surface area contributed by atoms with Gasteiger partial charge in [0.25, 0.3) is 11.5 Å². The maximum absolute atomic E-state index is 12.7. The third-order valence-corrected chi connectivity index (χ3v) is 4.15. The molecule has 2 heterocycles. The minimum absolute atomic E-state index is 0.114. The first-order chi connectivity index (χ1) is 11.3. The van der Waals surface area contributed by atoms with Crippen LogP contribution in [0.4, 0.5) is 0 Å². The molecule has 3 aromatic rings. The number of hydrogen-bond donors (Lipinski definition) is 0. The van der Waals surface area contributed by atoms with E-state index < -0.39 is 0 Å². The van der Waals surface area contributed by atoms with E-state index in [1.807, 2.05) is 24.3 Å². The summed E-state index contributed by atoms with van der Waals surface area (Å²) < 4.78 is 1.31. The van der Waals surface area contributed by atoms with Crippen molar-refractivity contribution < 1.29 is 4.79 Å². The second-order valence-electron chi connectivity index (χ2n) is 5.59. The van der Waals surface area contributed by atoms with Gasteiger partial charge in [0.1, 0.15) is 0 Å². The number of aromatic nitrogens is 2. The Balaban J connectivity index is 1.99. The molecular formula is C18H15N3O2. The van der Waals surface area contributed by atoms with Crippen molar-refractivity contribution >= 4 is 16.7 Å². The van der Waals surface area contributed by atoms with Crippen molar-refractivity contribution in [2.75, 3.05) is 13.1 Å². The van der Waals surface area contributed by atoms with Crippen LogP contribution in [0.15, 0.2) is 59.4 Å². The van der Waals surface area contributed by atoms with Crippen LogP contribution in [0, 0.1) is 0 Å². The van der Waals surface area contributed by atoms with Gasteiger partial charge in [0.2, 0.25) is 0 Å². The van der Waals surface area contributed by atoms with Crippen LogP contribution in [-0.2, 0) is 0 Å². The molecular weight excluding hydrogens is 290 g/mol. The fourth-order valence-electron chi connectivity index (χ4n) is 2.76. The Labute approximate surface area is 132 Å². The third-order valence-electron chi connectivity index (χ3n) is 4.15. The summed E-state index contributed by atoms with van der Waals surface area (Å²) in [6, 6.07) is 16.3. The number of likely N-dealkylation sites (tertiary alicyclic amines) is 1. The van der Waals surface area contributed by atoms with Gasteiger partial charge >= 0.3 is 0 Å². The summed E-state index contributed by atoms with van der Waals surface area (Å²) in [5.74, 6) is -0.114. The average molecular weight is 305 g/mol. The molecule has 1 aliphatic rings. The molecule has 5 heteroatoms. The average Bonchev–Trinajstić information content (AvgIpc) is 2.54. The molecule has 0 atom stereocenters. The largest absolute Gasteiger partial charge is 0.337 e. The van der Waals surface area contributed by atoms with E-state index in [-0.39, 0.29) is 11.5 Å². The lowest BCUT2D eigenvalue weighted by Crippen LogP contribution is -2.43. The highest BCUT2D eigenvalue weighted by Crippen LogP contribution is 2.19. The van der Waals surface area contributed by atoms with Gasteiger partial charge in [-0.2, -0.15) is 9.78 Å². The molecule has 1 fully saturated rings. The van der Waals surface area contributed by atoms with Gasteiger partial charge in [-0.25, -0.2) is 0 Å². The maximum atomic E-state index is 12.7. The molecule has 1 aliphatic heterocycles. The van der Waals surface area contributed by atoms with E-state index in [2.05, 4.69) is 5.10 Å². The maximum Gasteiger partial charge on any atom is 0.279 e. The number of carbonyl (C=O) groups is 1. The zero-order chi connectivity index (χ0) is 15.8. The van der Waals surface area contributed by atoms with Gasteiger partial charge in [-0.15, -0.1) is 0 Å². The topological polar surface area (TPSA) is 55.2 Å².